The van der Waals surface area contributed by atoms with Crippen molar-refractivity contribution in [3.63, 3.8) is 0 Å². The third-order valence-corrected chi connectivity index (χ3v) is 7.93. The number of nitrogens with one attached hydrogen (secondary N) is 1. The number of anilines is 3. The summed E-state index contributed by atoms with van der Waals surface area (Å²) in [5.74, 6) is -1.14. The lowest BCUT2D eigenvalue weighted by molar-refractivity contribution is -0.170. The van der Waals surface area contributed by atoms with Crippen LogP contribution in [0.1, 0.15) is 25.3 Å². The maximum Gasteiger partial charge on any atom is 0.471 e. The van der Waals surface area contributed by atoms with Gasteiger partial charge in [-0.1, -0.05) is 12.1 Å². The number of benzene rings is 2. The molecule has 1 fully saturated rings. The molecule has 1 amide bonds. The van der Waals surface area contributed by atoms with Gasteiger partial charge in [0.1, 0.15) is 0 Å². The second-order valence-electron chi connectivity index (χ2n) is 9.17. The fourth-order valence-corrected chi connectivity index (χ4v) is 5.85. The summed E-state index contributed by atoms with van der Waals surface area (Å²) in [5, 5.41) is 8.59. The van der Waals surface area contributed by atoms with Gasteiger partial charge in [0.05, 0.1) is 10.6 Å². The van der Waals surface area contributed by atoms with Crippen LogP contribution in [0, 0.1) is 0 Å². The minimum Gasteiger partial charge on any atom is -0.355 e. The molecular formula is C25H24F3N5O3S. The first-order chi connectivity index (χ1) is 17.5. The Morgan fingerprint density at radius 3 is 2.32 bits per heavy atom. The lowest BCUT2D eigenvalue weighted by atomic mass is 10.1. The summed E-state index contributed by atoms with van der Waals surface area (Å²) in [5.41, 5.74) is 2.16. The molecule has 1 N–H and O–H groups in total. The van der Waals surface area contributed by atoms with Crippen LogP contribution < -0.4 is 14.5 Å². The average molecular weight is 532 g/mol. The second-order valence-corrected chi connectivity index (χ2v) is 10.9. The molecule has 0 aliphatic carbocycles. The van der Waals surface area contributed by atoms with Crippen molar-refractivity contribution in [2.75, 3.05) is 27.6 Å². The minimum atomic E-state index is -5.02. The summed E-state index contributed by atoms with van der Waals surface area (Å²) >= 11 is 0. The summed E-state index contributed by atoms with van der Waals surface area (Å²) in [6, 6.07) is 13.4. The molecule has 0 bridgehead atoms. The number of carbonyl (C=O) groups excluding carboxylic acids is 1. The highest BCUT2D eigenvalue weighted by atomic mass is 32.2. The van der Waals surface area contributed by atoms with Crippen LogP contribution >= 0.6 is 0 Å². The lowest BCUT2D eigenvalue weighted by Crippen LogP contribution is -2.44. The van der Waals surface area contributed by atoms with E-state index in [2.05, 4.69) is 19.8 Å². The molecule has 1 saturated heterocycles. The summed E-state index contributed by atoms with van der Waals surface area (Å²) in [7, 11) is -4.02. The van der Waals surface area contributed by atoms with E-state index < -0.39 is 28.1 Å². The molecule has 1 atom stereocenters. The quantitative estimate of drug-likeness (QED) is 0.525. The van der Waals surface area contributed by atoms with Gasteiger partial charge in [-0.05, 0) is 74.2 Å². The smallest absolute Gasteiger partial charge is 0.355 e. The molecule has 0 radical (unpaired) electrons. The van der Waals surface area contributed by atoms with Crippen LogP contribution in [0.25, 0.3) is 11.3 Å². The van der Waals surface area contributed by atoms with E-state index in [1.807, 2.05) is 12.1 Å². The van der Waals surface area contributed by atoms with Crippen LogP contribution in [0.5, 0.6) is 0 Å². The van der Waals surface area contributed by atoms with Crippen molar-refractivity contribution in [2.45, 2.75) is 43.3 Å². The van der Waals surface area contributed by atoms with Crippen molar-refractivity contribution in [1.29, 1.82) is 0 Å². The summed E-state index contributed by atoms with van der Waals surface area (Å²) < 4.78 is 67.4. The third-order valence-electron chi connectivity index (χ3n) is 6.55. The number of amides is 1. The van der Waals surface area contributed by atoms with Gasteiger partial charge in [0.15, 0.2) is 5.82 Å². The standard InChI is InChI=1S/C25H24F3N5O3S/c1-16-14-18-15-20(8-10-22(18)33(16)24(34)25(26,27)28)37(35,36)31-19-6-4-17(5-7-19)21-9-11-23(30-29-21)32-12-2-3-13-32/h4-11,15-16,31H,2-3,12-14H2,1H3. The molecular weight excluding hydrogens is 507 g/mol. The van der Waals surface area contributed by atoms with Crippen LogP contribution in [0.3, 0.4) is 0 Å². The van der Waals surface area contributed by atoms with E-state index in [0.717, 1.165) is 37.3 Å². The molecule has 1 aromatic heterocycles. The Morgan fingerprint density at radius 2 is 1.70 bits per heavy atom. The number of fused-ring (bicyclic) bond motifs is 1. The van der Waals surface area contributed by atoms with E-state index in [1.54, 1.807) is 24.3 Å². The first-order valence-electron chi connectivity index (χ1n) is 11.8. The van der Waals surface area contributed by atoms with Gasteiger partial charge in [0.2, 0.25) is 0 Å². The summed E-state index contributed by atoms with van der Waals surface area (Å²) in [6.45, 7) is 3.42. The molecule has 12 heteroatoms. The predicted molar refractivity (Wildman–Crippen MR) is 133 cm³/mol. The maximum absolute atomic E-state index is 13.0. The van der Waals surface area contributed by atoms with Gasteiger partial charge >= 0.3 is 12.1 Å². The molecule has 2 aliphatic rings. The largest absolute Gasteiger partial charge is 0.471 e. The zero-order valence-corrected chi connectivity index (χ0v) is 20.7. The predicted octanol–water partition coefficient (Wildman–Crippen LogP) is 4.38. The van der Waals surface area contributed by atoms with Crippen molar-refractivity contribution in [3.8, 4) is 11.3 Å². The van der Waals surface area contributed by atoms with Gasteiger partial charge < -0.3 is 9.80 Å². The monoisotopic (exact) mass is 531 g/mol. The Labute approximate surface area is 212 Å². The summed E-state index contributed by atoms with van der Waals surface area (Å²) in [6.07, 6.45) is -2.62. The van der Waals surface area contributed by atoms with Crippen molar-refractivity contribution < 1.29 is 26.4 Å². The topological polar surface area (TPSA) is 95.5 Å². The number of sulfonamides is 1. The van der Waals surface area contributed by atoms with Crippen LogP contribution in [-0.4, -0.2) is 49.8 Å². The van der Waals surface area contributed by atoms with Gasteiger partial charge in [-0.3, -0.25) is 9.52 Å². The van der Waals surface area contributed by atoms with E-state index in [0.29, 0.717) is 21.8 Å². The zero-order chi connectivity index (χ0) is 26.4. The first kappa shape index (κ1) is 25.0. The number of halogens is 3. The average Bonchev–Trinajstić information content (AvgIpc) is 3.50. The van der Waals surface area contributed by atoms with Gasteiger partial charge in [-0.15, -0.1) is 10.2 Å². The number of rotatable bonds is 5. The molecule has 194 valence electrons. The third kappa shape index (κ3) is 4.97. The fraction of sp³-hybridized carbons (Fsp3) is 0.320. The number of carbonyl (C=O) groups is 1. The number of nitrogens with zero attached hydrogens (tertiary/aromatic N) is 4. The Bertz CT molecular complexity index is 1420. The fourth-order valence-electron chi connectivity index (χ4n) is 4.74. The molecule has 2 aromatic carbocycles. The van der Waals surface area contributed by atoms with Crippen molar-refractivity contribution in [3.05, 3.63) is 60.2 Å². The summed E-state index contributed by atoms with van der Waals surface area (Å²) in [4.78, 5) is 14.6. The molecule has 1 unspecified atom stereocenters. The van der Waals surface area contributed by atoms with Gasteiger partial charge in [0.25, 0.3) is 10.0 Å². The first-order valence-corrected chi connectivity index (χ1v) is 13.3. The number of hydrogen-bond acceptors (Lipinski definition) is 6. The maximum atomic E-state index is 13.0. The molecule has 3 heterocycles. The van der Waals surface area contributed by atoms with E-state index in [4.69, 9.17) is 0 Å². The van der Waals surface area contributed by atoms with Gasteiger partial charge in [0, 0.05) is 36.1 Å². The Hall–Kier alpha value is -3.67. The molecule has 3 aromatic rings. The van der Waals surface area contributed by atoms with Crippen LogP contribution in [-0.2, 0) is 21.2 Å². The highest BCUT2D eigenvalue weighted by molar-refractivity contribution is 7.92. The minimum absolute atomic E-state index is 0.0648. The Kier molecular flexibility index (Phi) is 6.30. The molecule has 5 rings (SSSR count). The highest BCUT2D eigenvalue weighted by Gasteiger charge is 2.47. The second kappa shape index (κ2) is 9.33. The number of alkyl halides is 3. The zero-order valence-electron chi connectivity index (χ0n) is 19.9. The normalized spacial score (nSPS) is 17.7. The van der Waals surface area contributed by atoms with Gasteiger partial charge in [-0.25, -0.2) is 8.42 Å². The van der Waals surface area contributed by atoms with Crippen LogP contribution in [0.2, 0.25) is 0 Å². The molecule has 37 heavy (non-hydrogen) atoms. The van der Waals surface area contributed by atoms with Crippen molar-refractivity contribution >= 4 is 33.1 Å². The Balaban J connectivity index is 1.31. The van der Waals surface area contributed by atoms with Crippen LogP contribution in [0.4, 0.5) is 30.4 Å². The molecule has 0 spiro atoms. The number of aromatic nitrogens is 2. The highest BCUT2D eigenvalue weighted by Crippen LogP contribution is 2.37. The molecule has 2 aliphatic heterocycles. The molecule has 0 saturated carbocycles. The van der Waals surface area contributed by atoms with E-state index in [1.165, 1.54) is 25.1 Å². The molecule has 8 nitrogen and oxygen atoms in total. The van der Waals surface area contributed by atoms with Crippen LogP contribution in [0.15, 0.2) is 59.5 Å². The lowest BCUT2D eigenvalue weighted by Gasteiger charge is -2.23. The van der Waals surface area contributed by atoms with Gasteiger partial charge in [-0.2, -0.15) is 13.2 Å². The van der Waals surface area contributed by atoms with E-state index in [-0.39, 0.29) is 17.0 Å². The van der Waals surface area contributed by atoms with E-state index >= 15 is 0 Å². The van der Waals surface area contributed by atoms with Crippen molar-refractivity contribution in [1.82, 2.24) is 10.2 Å². The SMILES string of the molecule is CC1Cc2cc(S(=O)(=O)Nc3ccc(-c4ccc(N5CCCC5)nn4)cc3)ccc2N1C(=O)C(F)(F)F. The van der Waals surface area contributed by atoms with Crippen molar-refractivity contribution in [2.24, 2.45) is 0 Å². The van der Waals surface area contributed by atoms with E-state index in [9.17, 15) is 26.4 Å². The number of hydrogen-bond donors (Lipinski definition) is 1. The Morgan fingerprint density at radius 1 is 1.00 bits per heavy atom.